The topological polar surface area (TPSA) is 65.4 Å². The molecule has 0 aliphatic carbocycles. The molecular formula is C9H8N4. The van der Waals surface area contributed by atoms with E-state index in [9.17, 15) is 0 Å². The quantitative estimate of drug-likeness (QED) is 0.643. The molecule has 13 heavy (non-hydrogen) atoms. The predicted molar refractivity (Wildman–Crippen MR) is 46.5 cm³/mol. The Morgan fingerprint density at radius 1 is 1.54 bits per heavy atom. The molecule has 1 rings (SSSR count). The molecule has 4 nitrogen and oxygen atoms in total. The van der Waals surface area contributed by atoms with Crippen LogP contribution < -0.4 is 0 Å². The normalized spacial score (nSPS) is 8.77. The number of imidazole rings is 1. The van der Waals surface area contributed by atoms with Crippen LogP contribution in [-0.4, -0.2) is 9.55 Å². The maximum Gasteiger partial charge on any atom is 0.176 e. The monoisotopic (exact) mass is 172 g/mol. The van der Waals surface area contributed by atoms with Crippen LogP contribution in [0.3, 0.4) is 0 Å². The lowest BCUT2D eigenvalue weighted by molar-refractivity contribution is 0.701. The van der Waals surface area contributed by atoms with E-state index >= 15 is 0 Å². The highest BCUT2D eigenvalue weighted by molar-refractivity contribution is 5.35. The summed E-state index contributed by atoms with van der Waals surface area (Å²) in [5.41, 5.74) is 0.510. The highest BCUT2D eigenvalue weighted by Crippen LogP contribution is 2.05. The molecule has 0 fully saturated rings. The van der Waals surface area contributed by atoms with Crippen LogP contribution in [0.4, 0.5) is 0 Å². The van der Waals surface area contributed by atoms with Crippen molar-refractivity contribution in [1.82, 2.24) is 9.55 Å². The van der Waals surface area contributed by atoms with Crippen LogP contribution in [0.25, 0.3) is 0 Å². The Labute approximate surface area is 76.4 Å². The summed E-state index contributed by atoms with van der Waals surface area (Å²) in [7, 11) is 0. The van der Waals surface area contributed by atoms with Crippen LogP contribution in [0.5, 0.6) is 0 Å². The van der Waals surface area contributed by atoms with Gasteiger partial charge in [0.2, 0.25) is 0 Å². The molecule has 0 amide bonds. The van der Waals surface area contributed by atoms with E-state index in [2.05, 4.69) is 11.6 Å². The molecule has 1 aromatic rings. The van der Waals surface area contributed by atoms with E-state index in [0.29, 0.717) is 12.2 Å². The van der Waals surface area contributed by atoms with E-state index in [0.717, 1.165) is 6.42 Å². The lowest BCUT2D eigenvalue weighted by Gasteiger charge is -1.98. The Hall–Kier alpha value is -2.07. The summed E-state index contributed by atoms with van der Waals surface area (Å²) in [6, 6.07) is 3.81. The van der Waals surface area contributed by atoms with Gasteiger partial charge in [0, 0.05) is 6.54 Å². The van der Waals surface area contributed by atoms with E-state index < -0.39 is 0 Å². The third kappa shape index (κ3) is 1.74. The zero-order chi connectivity index (χ0) is 9.68. The van der Waals surface area contributed by atoms with Crippen molar-refractivity contribution in [2.24, 2.45) is 0 Å². The van der Waals surface area contributed by atoms with Gasteiger partial charge in [-0.25, -0.2) is 4.98 Å². The number of aryl methyl sites for hydroxylation is 1. The third-order valence-electron chi connectivity index (χ3n) is 1.62. The largest absolute Gasteiger partial charge is 0.321 e. The molecular weight excluding hydrogens is 164 g/mol. The third-order valence-corrected chi connectivity index (χ3v) is 1.62. The number of allylic oxidation sites excluding steroid dienone is 1. The Morgan fingerprint density at radius 2 is 2.31 bits per heavy atom. The summed E-state index contributed by atoms with van der Waals surface area (Å²) in [5.74, 6) is 0. The second kappa shape index (κ2) is 4.08. The van der Waals surface area contributed by atoms with Crippen molar-refractivity contribution in [2.75, 3.05) is 0 Å². The molecule has 0 N–H and O–H groups in total. The lowest BCUT2D eigenvalue weighted by Crippen LogP contribution is -1.98. The molecule has 1 heterocycles. The van der Waals surface area contributed by atoms with E-state index in [4.69, 9.17) is 10.5 Å². The molecule has 0 bridgehead atoms. The van der Waals surface area contributed by atoms with Crippen LogP contribution in [0.2, 0.25) is 0 Å². The minimum Gasteiger partial charge on any atom is -0.321 e. The summed E-state index contributed by atoms with van der Waals surface area (Å²) >= 11 is 0. The smallest absolute Gasteiger partial charge is 0.176 e. The van der Waals surface area contributed by atoms with Crippen LogP contribution in [0.1, 0.15) is 17.8 Å². The van der Waals surface area contributed by atoms with Gasteiger partial charge in [0.1, 0.15) is 12.1 Å². The lowest BCUT2D eigenvalue weighted by atomic mass is 10.3. The van der Waals surface area contributed by atoms with Crippen molar-refractivity contribution >= 4 is 0 Å². The summed E-state index contributed by atoms with van der Waals surface area (Å²) in [5, 5.41) is 17.3. The average molecular weight is 172 g/mol. The zero-order valence-corrected chi connectivity index (χ0v) is 7.06. The molecule has 0 atom stereocenters. The van der Waals surface area contributed by atoms with Gasteiger partial charge in [-0.15, -0.1) is 6.58 Å². The maximum absolute atomic E-state index is 8.73. The Balaban J connectivity index is 2.97. The average Bonchev–Trinajstić information content (AvgIpc) is 2.56. The maximum atomic E-state index is 8.73. The second-order valence-corrected chi connectivity index (χ2v) is 2.44. The number of hydrogen-bond acceptors (Lipinski definition) is 3. The molecule has 0 aliphatic heterocycles. The van der Waals surface area contributed by atoms with Gasteiger partial charge < -0.3 is 4.57 Å². The molecule has 0 unspecified atom stereocenters. The fourth-order valence-corrected chi connectivity index (χ4v) is 0.981. The van der Waals surface area contributed by atoms with Gasteiger partial charge in [-0.3, -0.25) is 0 Å². The van der Waals surface area contributed by atoms with Gasteiger partial charge in [-0.2, -0.15) is 10.5 Å². The number of nitriles is 2. The fourth-order valence-electron chi connectivity index (χ4n) is 0.981. The van der Waals surface area contributed by atoms with Crippen molar-refractivity contribution < 1.29 is 0 Å². The van der Waals surface area contributed by atoms with E-state index in [1.54, 1.807) is 10.6 Å². The van der Waals surface area contributed by atoms with Crippen LogP contribution in [0, 0.1) is 22.7 Å². The van der Waals surface area contributed by atoms with Crippen molar-refractivity contribution in [3.8, 4) is 12.1 Å². The molecule has 64 valence electrons. The van der Waals surface area contributed by atoms with Gasteiger partial charge >= 0.3 is 0 Å². The van der Waals surface area contributed by atoms with Gasteiger partial charge in [-0.05, 0) is 6.42 Å². The zero-order valence-electron chi connectivity index (χ0n) is 7.06. The standard InChI is InChI=1S/C9H8N4/c1-2-3-4-13-7-12-8(5-10)9(13)6-11/h2,7H,1,3-4H2. The van der Waals surface area contributed by atoms with Gasteiger partial charge in [0.15, 0.2) is 11.4 Å². The molecule has 1 aromatic heterocycles. The minimum atomic E-state index is 0.187. The van der Waals surface area contributed by atoms with Crippen LogP contribution >= 0.6 is 0 Å². The van der Waals surface area contributed by atoms with E-state index in [1.165, 1.54) is 6.33 Å². The molecule has 0 radical (unpaired) electrons. The molecule has 0 aliphatic rings. The number of nitrogens with zero attached hydrogens (tertiary/aromatic N) is 4. The first-order valence-electron chi connectivity index (χ1n) is 3.79. The molecule has 0 aromatic carbocycles. The van der Waals surface area contributed by atoms with Crippen molar-refractivity contribution in [3.05, 3.63) is 30.4 Å². The first-order chi connectivity index (χ1) is 6.33. The van der Waals surface area contributed by atoms with Crippen molar-refractivity contribution in [3.63, 3.8) is 0 Å². The summed E-state index contributed by atoms with van der Waals surface area (Å²) in [6.07, 6.45) is 4.02. The van der Waals surface area contributed by atoms with Gasteiger partial charge in [0.25, 0.3) is 0 Å². The minimum absolute atomic E-state index is 0.187. The number of aromatic nitrogens is 2. The number of rotatable bonds is 3. The highest BCUT2D eigenvalue weighted by Gasteiger charge is 2.08. The van der Waals surface area contributed by atoms with E-state index in [1.807, 2.05) is 12.1 Å². The Bertz CT molecular complexity index is 389. The molecule has 0 saturated heterocycles. The first kappa shape index (κ1) is 9.02. The summed E-state index contributed by atoms with van der Waals surface area (Å²) in [4.78, 5) is 3.80. The predicted octanol–water partition coefficient (Wildman–Crippen LogP) is 1.20. The van der Waals surface area contributed by atoms with Crippen LogP contribution in [-0.2, 0) is 6.54 Å². The Kier molecular flexibility index (Phi) is 2.83. The van der Waals surface area contributed by atoms with Gasteiger partial charge in [-0.1, -0.05) is 6.08 Å². The number of hydrogen-bond donors (Lipinski definition) is 0. The van der Waals surface area contributed by atoms with E-state index in [-0.39, 0.29) is 5.69 Å². The molecule has 0 saturated carbocycles. The Morgan fingerprint density at radius 3 is 2.85 bits per heavy atom. The SMILES string of the molecule is C=CCCn1cnc(C#N)c1C#N. The molecule has 0 spiro atoms. The van der Waals surface area contributed by atoms with Crippen LogP contribution in [0.15, 0.2) is 19.0 Å². The first-order valence-corrected chi connectivity index (χ1v) is 3.79. The molecule has 4 heteroatoms. The van der Waals surface area contributed by atoms with Crippen molar-refractivity contribution in [1.29, 1.82) is 10.5 Å². The van der Waals surface area contributed by atoms with Crippen molar-refractivity contribution in [2.45, 2.75) is 13.0 Å². The second-order valence-electron chi connectivity index (χ2n) is 2.44. The fraction of sp³-hybridized carbons (Fsp3) is 0.222. The highest BCUT2D eigenvalue weighted by atomic mass is 15.1. The van der Waals surface area contributed by atoms with Gasteiger partial charge in [0.05, 0.1) is 6.33 Å². The summed E-state index contributed by atoms with van der Waals surface area (Å²) in [6.45, 7) is 4.22. The summed E-state index contributed by atoms with van der Waals surface area (Å²) < 4.78 is 1.65.